The van der Waals surface area contributed by atoms with Crippen molar-refractivity contribution in [1.82, 2.24) is 4.31 Å². The fourth-order valence-electron chi connectivity index (χ4n) is 2.82. The molecule has 2 aromatic rings. The van der Waals surface area contributed by atoms with Crippen LogP contribution in [0.5, 0.6) is 0 Å². The van der Waals surface area contributed by atoms with Crippen molar-refractivity contribution < 1.29 is 17.3 Å². The van der Waals surface area contributed by atoms with Crippen LogP contribution in [0.15, 0.2) is 65.0 Å². The summed E-state index contributed by atoms with van der Waals surface area (Å²) >= 11 is 3.44. The van der Waals surface area contributed by atoms with Gasteiger partial charge in [0.15, 0.2) is 0 Å². The maximum Gasteiger partial charge on any atom is 0.388 e. The minimum atomic E-state index is -3.93. The van der Waals surface area contributed by atoms with Crippen molar-refractivity contribution >= 4 is 26.2 Å². The third-order valence-electron chi connectivity index (χ3n) is 4.26. The molecule has 0 spiro atoms. The average Bonchev–Trinajstić information content (AvgIpc) is 2.61. The summed E-state index contributed by atoms with van der Waals surface area (Å²) in [5.41, 5.74) is 2.88. The first-order valence-corrected chi connectivity index (χ1v) is 10.4. The Balaban J connectivity index is 1.75. The molecule has 26 heavy (non-hydrogen) atoms. The SMILES string of the molecule is Cc1ccc(Br)cc1[C@@H](C)N1CC=C(OCc2ccccc2)OS1(=O)=O. The van der Waals surface area contributed by atoms with E-state index in [9.17, 15) is 8.42 Å². The highest BCUT2D eigenvalue weighted by Gasteiger charge is 2.34. The maximum absolute atomic E-state index is 12.6. The zero-order chi connectivity index (χ0) is 18.7. The van der Waals surface area contributed by atoms with Gasteiger partial charge in [0, 0.05) is 17.1 Å². The van der Waals surface area contributed by atoms with Crippen LogP contribution >= 0.6 is 15.9 Å². The van der Waals surface area contributed by atoms with E-state index in [1.54, 1.807) is 6.08 Å². The van der Waals surface area contributed by atoms with Crippen LogP contribution in [0.1, 0.15) is 29.7 Å². The second-order valence-electron chi connectivity index (χ2n) is 6.09. The molecule has 0 saturated carbocycles. The number of hydrogen-bond donors (Lipinski definition) is 0. The zero-order valence-electron chi connectivity index (χ0n) is 14.6. The minimum absolute atomic E-state index is 0.0169. The van der Waals surface area contributed by atoms with Gasteiger partial charge < -0.3 is 8.92 Å². The van der Waals surface area contributed by atoms with Crippen LogP contribution in [0.25, 0.3) is 0 Å². The Bertz CT molecular complexity index is 912. The van der Waals surface area contributed by atoms with Gasteiger partial charge in [-0.2, -0.15) is 12.7 Å². The van der Waals surface area contributed by atoms with Gasteiger partial charge in [0.1, 0.15) is 6.61 Å². The van der Waals surface area contributed by atoms with Crippen LogP contribution in [0, 0.1) is 6.92 Å². The molecular weight excluding hydrogens is 418 g/mol. The number of aryl methyl sites for hydroxylation is 1. The van der Waals surface area contributed by atoms with Gasteiger partial charge in [-0.3, -0.25) is 0 Å². The van der Waals surface area contributed by atoms with Crippen molar-refractivity contribution in [3.8, 4) is 0 Å². The fourth-order valence-corrected chi connectivity index (χ4v) is 4.38. The van der Waals surface area contributed by atoms with Gasteiger partial charge in [0.05, 0.1) is 6.04 Å². The Morgan fingerprint density at radius 2 is 1.96 bits per heavy atom. The summed E-state index contributed by atoms with van der Waals surface area (Å²) in [6, 6.07) is 15.0. The second-order valence-corrected chi connectivity index (χ2v) is 8.49. The molecule has 0 aromatic heterocycles. The molecule has 1 heterocycles. The number of halogens is 1. The van der Waals surface area contributed by atoms with Gasteiger partial charge >= 0.3 is 10.3 Å². The molecule has 1 aliphatic heterocycles. The fraction of sp³-hybridized carbons (Fsp3) is 0.263. The summed E-state index contributed by atoms with van der Waals surface area (Å²) in [5.74, 6) is 0.0169. The van der Waals surface area contributed by atoms with E-state index in [0.29, 0.717) is 0 Å². The minimum Gasteiger partial charge on any atom is -0.460 e. The molecule has 5 nitrogen and oxygen atoms in total. The van der Waals surface area contributed by atoms with E-state index in [0.717, 1.165) is 21.2 Å². The molecule has 7 heteroatoms. The predicted octanol–water partition coefficient (Wildman–Crippen LogP) is 4.45. The summed E-state index contributed by atoms with van der Waals surface area (Å²) in [6.07, 6.45) is 1.65. The lowest BCUT2D eigenvalue weighted by Gasteiger charge is -2.31. The van der Waals surface area contributed by atoms with Gasteiger partial charge in [-0.15, -0.1) is 0 Å². The molecule has 1 atom stereocenters. The molecule has 0 radical (unpaired) electrons. The number of ether oxygens (including phenoxy) is 1. The van der Waals surface area contributed by atoms with Crippen LogP contribution in [-0.2, 0) is 25.8 Å². The van der Waals surface area contributed by atoms with Gasteiger partial charge in [0.25, 0.3) is 5.95 Å². The van der Waals surface area contributed by atoms with E-state index < -0.39 is 10.3 Å². The molecule has 0 N–H and O–H groups in total. The Morgan fingerprint density at radius 3 is 2.65 bits per heavy atom. The van der Waals surface area contributed by atoms with Gasteiger partial charge in [0.2, 0.25) is 0 Å². The van der Waals surface area contributed by atoms with Crippen LogP contribution in [0.4, 0.5) is 0 Å². The molecule has 0 fully saturated rings. The second kappa shape index (κ2) is 7.82. The highest BCUT2D eigenvalue weighted by atomic mass is 79.9. The zero-order valence-corrected chi connectivity index (χ0v) is 17.0. The number of benzene rings is 2. The third kappa shape index (κ3) is 4.28. The van der Waals surface area contributed by atoms with Crippen molar-refractivity contribution in [3.05, 3.63) is 81.7 Å². The quantitative estimate of drug-likeness (QED) is 0.692. The van der Waals surface area contributed by atoms with Crippen molar-refractivity contribution in [3.63, 3.8) is 0 Å². The predicted molar refractivity (Wildman–Crippen MR) is 103 cm³/mol. The van der Waals surface area contributed by atoms with Gasteiger partial charge in [-0.1, -0.05) is 52.3 Å². The summed E-state index contributed by atoms with van der Waals surface area (Å²) in [4.78, 5) is 0. The van der Waals surface area contributed by atoms with Gasteiger partial charge in [-0.05, 0) is 42.7 Å². The number of rotatable bonds is 5. The molecule has 1 aliphatic rings. The molecular formula is C19H20BrNO4S. The molecule has 0 aliphatic carbocycles. The molecule has 3 rings (SSSR count). The number of nitrogens with zero attached hydrogens (tertiary/aromatic N) is 1. The summed E-state index contributed by atoms with van der Waals surface area (Å²) < 4.78 is 38.0. The molecule has 0 bridgehead atoms. The Kier molecular flexibility index (Phi) is 5.70. The highest BCUT2D eigenvalue weighted by molar-refractivity contribution is 9.10. The topological polar surface area (TPSA) is 55.8 Å². The summed E-state index contributed by atoms with van der Waals surface area (Å²) in [5, 5.41) is 0. The lowest BCUT2D eigenvalue weighted by molar-refractivity contribution is 0.0821. The highest BCUT2D eigenvalue weighted by Crippen LogP contribution is 2.31. The molecule has 0 saturated heterocycles. The molecule has 0 amide bonds. The van der Waals surface area contributed by atoms with Crippen molar-refractivity contribution in [2.24, 2.45) is 0 Å². The third-order valence-corrected chi connectivity index (χ3v) is 6.17. The van der Waals surface area contributed by atoms with Crippen LogP contribution in [0.3, 0.4) is 0 Å². The van der Waals surface area contributed by atoms with E-state index in [1.807, 2.05) is 62.4 Å². The standard InChI is InChI=1S/C19H20BrNO4S/c1-14-8-9-17(20)12-18(14)15(2)21-11-10-19(25-26(21,22)23)24-13-16-6-4-3-5-7-16/h3-10,12,15H,11,13H2,1-2H3/t15-/m1/s1. The van der Waals surface area contributed by atoms with Crippen LogP contribution < -0.4 is 0 Å². The molecule has 2 aromatic carbocycles. The Labute approximate surface area is 162 Å². The van der Waals surface area contributed by atoms with E-state index >= 15 is 0 Å². The first-order chi connectivity index (χ1) is 12.4. The van der Waals surface area contributed by atoms with Gasteiger partial charge in [-0.25, -0.2) is 0 Å². The first kappa shape index (κ1) is 18.9. The van der Waals surface area contributed by atoms with Crippen LogP contribution in [-0.4, -0.2) is 19.3 Å². The van der Waals surface area contributed by atoms with Crippen LogP contribution in [0.2, 0.25) is 0 Å². The average molecular weight is 438 g/mol. The summed E-state index contributed by atoms with van der Waals surface area (Å²) in [6.45, 7) is 4.25. The van der Waals surface area contributed by atoms with E-state index in [1.165, 1.54) is 4.31 Å². The Hall–Kier alpha value is -1.83. The molecule has 0 unspecified atom stereocenters. The molecule has 138 valence electrons. The lowest BCUT2D eigenvalue weighted by atomic mass is 10.0. The maximum atomic E-state index is 12.6. The van der Waals surface area contributed by atoms with E-state index in [-0.39, 0.29) is 25.1 Å². The summed E-state index contributed by atoms with van der Waals surface area (Å²) in [7, 11) is -3.93. The van der Waals surface area contributed by atoms with E-state index in [2.05, 4.69) is 15.9 Å². The normalized spacial score (nSPS) is 17.9. The monoisotopic (exact) mass is 437 g/mol. The lowest BCUT2D eigenvalue weighted by Crippen LogP contribution is -2.38. The number of hydrogen-bond acceptors (Lipinski definition) is 4. The van der Waals surface area contributed by atoms with Crippen molar-refractivity contribution in [1.29, 1.82) is 0 Å². The largest absolute Gasteiger partial charge is 0.460 e. The van der Waals surface area contributed by atoms with Crippen molar-refractivity contribution in [2.45, 2.75) is 26.5 Å². The smallest absolute Gasteiger partial charge is 0.388 e. The Morgan fingerprint density at radius 1 is 1.23 bits per heavy atom. The first-order valence-electron chi connectivity index (χ1n) is 8.21. The van der Waals surface area contributed by atoms with Crippen molar-refractivity contribution in [2.75, 3.05) is 6.54 Å². The van der Waals surface area contributed by atoms with E-state index in [4.69, 9.17) is 8.92 Å².